The van der Waals surface area contributed by atoms with Crippen molar-refractivity contribution in [3.63, 3.8) is 0 Å². The summed E-state index contributed by atoms with van der Waals surface area (Å²) < 4.78 is 0. The highest BCUT2D eigenvalue weighted by molar-refractivity contribution is 5.94. The minimum Gasteiger partial charge on any atom is -0.398 e. The predicted octanol–water partition coefficient (Wildman–Crippen LogP) is 3.19. The van der Waals surface area contributed by atoms with E-state index in [0.717, 1.165) is 28.8 Å². The number of nitrogens with two attached hydrogens (primary N) is 1. The SMILES string of the molecule is Cc1c(N)cccc1C1=CCN(C(=O)C=Cc2cnc3c(c2)CCC(=O)N3)CC1. The molecule has 3 heterocycles. The maximum Gasteiger partial charge on any atom is 0.246 e. The van der Waals surface area contributed by atoms with E-state index in [2.05, 4.69) is 22.4 Å². The number of fused-ring (bicyclic) bond motifs is 1. The molecule has 0 spiro atoms. The van der Waals surface area contributed by atoms with E-state index in [4.69, 9.17) is 5.73 Å². The summed E-state index contributed by atoms with van der Waals surface area (Å²) >= 11 is 0. The summed E-state index contributed by atoms with van der Waals surface area (Å²) in [6.07, 6.45) is 9.11. The Labute approximate surface area is 170 Å². The molecule has 0 saturated heterocycles. The van der Waals surface area contributed by atoms with E-state index in [1.165, 1.54) is 11.1 Å². The summed E-state index contributed by atoms with van der Waals surface area (Å²) in [5, 5.41) is 2.77. The number of hydrogen-bond donors (Lipinski definition) is 2. The van der Waals surface area contributed by atoms with E-state index in [1.54, 1.807) is 18.3 Å². The van der Waals surface area contributed by atoms with Gasteiger partial charge in [0.2, 0.25) is 11.8 Å². The normalized spacial score (nSPS) is 16.4. The summed E-state index contributed by atoms with van der Waals surface area (Å²) in [7, 11) is 0. The first kappa shape index (κ1) is 18.9. The van der Waals surface area contributed by atoms with Crippen LogP contribution in [0.3, 0.4) is 0 Å². The molecule has 0 saturated carbocycles. The zero-order valence-electron chi connectivity index (χ0n) is 16.4. The van der Waals surface area contributed by atoms with Gasteiger partial charge in [0.05, 0.1) is 0 Å². The van der Waals surface area contributed by atoms with E-state index in [0.29, 0.717) is 31.7 Å². The van der Waals surface area contributed by atoms with Gasteiger partial charge in [-0.1, -0.05) is 18.2 Å². The van der Waals surface area contributed by atoms with E-state index >= 15 is 0 Å². The number of anilines is 2. The van der Waals surface area contributed by atoms with Gasteiger partial charge in [-0.3, -0.25) is 9.59 Å². The van der Waals surface area contributed by atoms with Gasteiger partial charge in [-0.05, 0) is 65.8 Å². The summed E-state index contributed by atoms with van der Waals surface area (Å²) in [5.41, 5.74) is 12.2. The third-order valence-corrected chi connectivity index (χ3v) is 5.53. The average Bonchev–Trinajstić information content (AvgIpc) is 2.74. The molecule has 1 aromatic heterocycles. The van der Waals surface area contributed by atoms with Crippen molar-refractivity contribution < 1.29 is 9.59 Å². The average molecular weight is 388 g/mol. The summed E-state index contributed by atoms with van der Waals surface area (Å²) in [5.74, 6) is 0.597. The van der Waals surface area contributed by atoms with Crippen LogP contribution in [-0.2, 0) is 16.0 Å². The first-order valence-electron chi connectivity index (χ1n) is 9.81. The molecule has 0 fully saturated rings. The van der Waals surface area contributed by atoms with E-state index in [9.17, 15) is 9.59 Å². The van der Waals surface area contributed by atoms with Crippen LogP contribution in [0.5, 0.6) is 0 Å². The minimum atomic E-state index is -0.0179. The molecule has 6 heteroatoms. The molecule has 0 bridgehead atoms. The maximum atomic E-state index is 12.6. The van der Waals surface area contributed by atoms with E-state index < -0.39 is 0 Å². The topological polar surface area (TPSA) is 88.3 Å². The maximum absolute atomic E-state index is 12.6. The number of aryl methyl sites for hydroxylation is 1. The lowest BCUT2D eigenvalue weighted by molar-refractivity contribution is -0.125. The van der Waals surface area contributed by atoms with Gasteiger partial charge in [-0.15, -0.1) is 0 Å². The van der Waals surface area contributed by atoms with E-state index in [-0.39, 0.29) is 11.8 Å². The zero-order chi connectivity index (χ0) is 20.4. The Morgan fingerprint density at radius 1 is 1.28 bits per heavy atom. The van der Waals surface area contributed by atoms with Crippen molar-refractivity contribution in [1.29, 1.82) is 0 Å². The third-order valence-electron chi connectivity index (χ3n) is 5.53. The number of amides is 2. The molecule has 1 aromatic carbocycles. The van der Waals surface area contributed by atoms with Crippen LogP contribution in [0.15, 0.2) is 42.6 Å². The van der Waals surface area contributed by atoms with E-state index in [1.807, 2.05) is 30.0 Å². The summed E-state index contributed by atoms with van der Waals surface area (Å²) in [6, 6.07) is 7.94. The second kappa shape index (κ2) is 7.91. The molecule has 0 aliphatic carbocycles. The van der Waals surface area contributed by atoms with Crippen molar-refractivity contribution in [3.05, 3.63) is 64.9 Å². The fourth-order valence-electron chi connectivity index (χ4n) is 3.75. The Bertz CT molecular complexity index is 1040. The lowest BCUT2D eigenvalue weighted by Gasteiger charge is -2.26. The largest absolute Gasteiger partial charge is 0.398 e. The molecule has 3 N–H and O–H groups in total. The van der Waals surface area contributed by atoms with Crippen molar-refractivity contribution in [2.75, 3.05) is 24.1 Å². The van der Waals surface area contributed by atoms with Crippen LogP contribution in [0.2, 0.25) is 0 Å². The lowest BCUT2D eigenvalue weighted by Crippen LogP contribution is -2.33. The number of nitrogen functional groups attached to an aromatic ring is 1. The van der Waals surface area contributed by atoms with Gasteiger partial charge in [0.15, 0.2) is 0 Å². The Morgan fingerprint density at radius 2 is 2.14 bits per heavy atom. The number of benzene rings is 1. The van der Waals surface area contributed by atoms with Crippen LogP contribution < -0.4 is 11.1 Å². The Balaban J connectivity index is 1.42. The van der Waals surface area contributed by atoms with Crippen LogP contribution in [0.25, 0.3) is 11.6 Å². The molecular weight excluding hydrogens is 364 g/mol. The fourth-order valence-corrected chi connectivity index (χ4v) is 3.75. The van der Waals surface area contributed by atoms with Gasteiger partial charge in [0, 0.05) is 37.5 Å². The molecule has 2 aromatic rings. The first-order chi connectivity index (χ1) is 14.0. The van der Waals surface area contributed by atoms with Gasteiger partial charge >= 0.3 is 0 Å². The molecule has 6 nitrogen and oxygen atoms in total. The number of hydrogen-bond acceptors (Lipinski definition) is 4. The predicted molar refractivity (Wildman–Crippen MR) is 115 cm³/mol. The monoisotopic (exact) mass is 388 g/mol. The smallest absolute Gasteiger partial charge is 0.246 e. The van der Waals surface area contributed by atoms with Crippen molar-refractivity contribution in [2.45, 2.75) is 26.2 Å². The molecular formula is C23H24N4O2. The molecule has 4 rings (SSSR count). The molecule has 2 aliphatic rings. The van der Waals surface area contributed by atoms with Gasteiger partial charge < -0.3 is 16.0 Å². The number of nitrogens with zero attached hydrogens (tertiary/aromatic N) is 2. The van der Waals surface area contributed by atoms with Gasteiger partial charge in [0.1, 0.15) is 5.82 Å². The molecule has 0 radical (unpaired) electrons. The van der Waals surface area contributed by atoms with Crippen LogP contribution in [0, 0.1) is 6.92 Å². The Morgan fingerprint density at radius 3 is 2.93 bits per heavy atom. The second-order valence-corrected chi connectivity index (χ2v) is 7.44. The molecule has 2 aliphatic heterocycles. The third kappa shape index (κ3) is 4.06. The molecule has 148 valence electrons. The van der Waals surface area contributed by atoms with Gasteiger partial charge in [0.25, 0.3) is 0 Å². The van der Waals surface area contributed by atoms with Crippen LogP contribution in [-0.4, -0.2) is 34.8 Å². The minimum absolute atomic E-state index is 0.00521. The highest BCUT2D eigenvalue weighted by atomic mass is 16.2. The number of nitrogens with one attached hydrogen (secondary N) is 1. The molecule has 0 atom stereocenters. The fraction of sp³-hybridized carbons (Fsp3) is 0.261. The van der Waals surface area contributed by atoms with Crippen molar-refractivity contribution >= 4 is 35.0 Å². The van der Waals surface area contributed by atoms with Gasteiger partial charge in [-0.25, -0.2) is 4.98 Å². The van der Waals surface area contributed by atoms with Crippen LogP contribution in [0.1, 0.15) is 35.1 Å². The van der Waals surface area contributed by atoms with Crippen LogP contribution >= 0.6 is 0 Å². The Kier molecular flexibility index (Phi) is 5.16. The number of aromatic nitrogens is 1. The number of carbonyl (C=O) groups is 2. The number of carbonyl (C=O) groups excluding carboxylic acids is 2. The number of rotatable bonds is 3. The van der Waals surface area contributed by atoms with Crippen molar-refractivity contribution in [3.8, 4) is 0 Å². The highest BCUT2D eigenvalue weighted by Gasteiger charge is 2.18. The van der Waals surface area contributed by atoms with Crippen LogP contribution in [0.4, 0.5) is 11.5 Å². The highest BCUT2D eigenvalue weighted by Crippen LogP contribution is 2.28. The molecule has 29 heavy (non-hydrogen) atoms. The Hall–Kier alpha value is -3.41. The zero-order valence-corrected chi connectivity index (χ0v) is 16.4. The first-order valence-corrected chi connectivity index (χ1v) is 9.81. The van der Waals surface area contributed by atoms with Gasteiger partial charge in [-0.2, -0.15) is 0 Å². The van der Waals surface area contributed by atoms with Crippen molar-refractivity contribution in [2.24, 2.45) is 0 Å². The standard InChI is InChI=1S/C23H24N4O2/c1-15-19(3-2-4-20(15)24)17-9-11-27(12-10-17)22(29)8-5-16-13-18-6-7-21(28)26-23(18)25-14-16/h2-5,8-9,13-14H,6-7,10-12,24H2,1H3,(H,25,26,28). The molecule has 0 unspecified atom stereocenters. The second-order valence-electron chi connectivity index (χ2n) is 7.44. The quantitative estimate of drug-likeness (QED) is 0.624. The molecule has 2 amide bonds. The lowest BCUT2D eigenvalue weighted by atomic mass is 9.94. The number of pyridine rings is 1. The summed E-state index contributed by atoms with van der Waals surface area (Å²) in [6.45, 7) is 3.29. The van der Waals surface area contributed by atoms with Crippen molar-refractivity contribution in [1.82, 2.24) is 9.88 Å². The summed E-state index contributed by atoms with van der Waals surface area (Å²) in [4.78, 5) is 30.1.